The van der Waals surface area contributed by atoms with Gasteiger partial charge in [-0.05, 0) is 31.4 Å². The van der Waals surface area contributed by atoms with Gasteiger partial charge < -0.3 is 5.11 Å². The van der Waals surface area contributed by atoms with E-state index in [2.05, 4.69) is 12.1 Å². The van der Waals surface area contributed by atoms with Crippen LogP contribution in [0.25, 0.3) is 0 Å². The van der Waals surface area contributed by atoms with Crippen LogP contribution in [0.4, 0.5) is 0 Å². The molecule has 3 heteroatoms. The molecule has 86 valence electrons. The molecule has 1 saturated heterocycles. The van der Waals surface area contributed by atoms with Crippen molar-refractivity contribution in [1.29, 1.82) is 0 Å². The smallest absolute Gasteiger partial charge is 0.320 e. The van der Waals surface area contributed by atoms with Crippen LogP contribution < -0.4 is 0 Å². The van der Waals surface area contributed by atoms with Gasteiger partial charge in [0, 0.05) is 6.54 Å². The van der Waals surface area contributed by atoms with Gasteiger partial charge in [-0.2, -0.15) is 0 Å². The summed E-state index contributed by atoms with van der Waals surface area (Å²) in [5.41, 5.74) is 1.33. The third kappa shape index (κ3) is 2.61. The van der Waals surface area contributed by atoms with Gasteiger partial charge >= 0.3 is 5.97 Å². The molecule has 1 fully saturated rings. The molecule has 1 atom stereocenters. The molecular weight excluding hydrogens is 202 g/mol. The molecule has 1 aromatic carbocycles. The average Bonchev–Trinajstić information content (AvgIpc) is 2.23. The number of nitrogens with zero attached hydrogens (tertiary/aromatic N) is 1. The first-order valence-corrected chi connectivity index (χ1v) is 5.78. The van der Waals surface area contributed by atoms with E-state index in [1.807, 2.05) is 23.1 Å². The summed E-state index contributed by atoms with van der Waals surface area (Å²) in [5, 5.41) is 8.88. The lowest BCUT2D eigenvalue weighted by molar-refractivity contribution is -0.148. The van der Waals surface area contributed by atoms with Crippen LogP contribution >= 0.6 is 0 Å². The van der Waals surface area contributed by atoms with E-state index in [1.54, 1.807) is 0 Å². The summed E-state index contributed by atoms with van der Waals surface area (Å²) in [6, 6.07) is 10.1. The second-order valence-corrected chi connectivity index (χ2v) is 4.27. The zero-order valence-corrected chi connectivity index (χ0v) is 9.30. The first kappa shape index (κ1) is 11.1. The van der Waals surface area contributed by atoms with Crippen LogP contribution in [0.15, 0.2) is 30.3 Å². The molecule has 1 heterocycles. The summed E-state index contributed by atoms with van der Waals surface area (Å²) in [6.07, 6.45) is 2.87. The molecule has 0 aliphatic carbocycles. The Labute approximate surface area is 95.7 Å². The molecule has 3 nitrogen and oxygen atoms in total. The van der Waals surface area contributed by atoms with Gasteiger partial charge in [0.05, 0.1) is 0 Å². The predicted octanol–water partition coefficient (Wildman–Crippen LogP) is 1.78. The number of aliphatic carboxylic acids is 1. The number of carboxylic acids is 1. The van der Waals surface area contributed by atoms with Crippen molar-refractivity contribution in [3.63, 3.8) is 0 Å². The Bertz CT molecular complexity index is 350. The Morgan fingerprint density at radius 2 is 2.12 bits per heavy atom. The molecule has 0 amide bonds. The van der Waals surface area contributed by atoms with Crippen molar-refractivity contribution in [1.82, 2.24) is 4.90 Å². The molecule has 1 aliphatic heterocycles. The zero-order chi connectivity index (χ0) is 11.4. The van der Waals surface area contributed by atoms with Gasteiger partial charge in [0.25, 0.3) is 0 Å². The Kier molecular flexibility index (Phi) is 3.57. The van der Waals surface area contributed by atoms with Crippen LogP contribution in [-0.2, 0) is 11.2 Å². The SMILES string of the molecule is O=C(O)[C@@H]1CCN1CCCc1ccccc1. The van der Waals surface area contributed by atoms with Crippen LogP contribution in [0, 0.1) is 0 Å². The molecule has 2 rings (SSSR count). The number of hydrogen-bond donors (Lipinski definition) is 1. The van der Waals surface area contributed by atoms with E-state index in [4.69, 9.17) is 5.11 Å². The maximum Gasteiger partial charge on any atom is 0.320 e. The molecule has 1 aromatic rings. The maximum absolute atomic E-state index is 10.8. The largest absolute Gasteiger partial charge is 0.480 e. The lowest BCUT2D eigenvalue weighted by atomic mass is 10.0. The summed E-state index contributed by atoms with van der Waals surface area (Å²) in [7, 11) is 0. The molecule has 16 heavy (non-hydrogen) atoms. The van der Waals surface area contributed by atoms with Crippen molar-refractivity contribution in [2.24, 2.45) is 0 Å². The number of carbonyl (C=O) groups is 1. The summed E-state index contributed by atoms with van der Waals surface area (Å²) in [4.78, 5) is 12.8. The van der Waals surface area contributed by atoms with Crippen molar-refractivity contribution in [3.05, 3.63) is 35.9 Å². The van der Waals surface area contributed by atoms with Crippen LogP contribution in [0.3, 0.4) is 0 Å². The van der Waals surface area contributed by atoms with Gasteiger partial charge in [-0.25, -0.2) is 0 Å². The van der Waals surface area contributed by atoms with Crippen LogP contribution in [-0.4, -0.2) is 35.1 Å². The first-order valence-electron chi connectivity index (χ1n) is 5.78. The molecule has 0 radical (unpaired) electrons. The summed E-state index contributed by atoms with van der Waals surface area (Å²) in [6.45, 7) is 1.83. The Morgan fingerprint density at radius 3 is 2.69 bits per heavy atom. The predicted molar refractivity (Wildman–Crippen MR) is 62.4 cm³/mol. The number of rotatable bonds is 5. The molecule has 0 aromatic heterocycles. The number of aryl methyl sites for hydroxylation is 1. The van der Waals surface area contributed by atoms with E-state index in [0.717, 1.165) is 32.4 Å². The number of carboxylic acid groups (broad SMARTS) is 1. The Hall–Kier alpha value is -1.35. The molecule has 1 aliphatic rings. The molecule has 0 spiro atoms. The summed E-state index contributed by atoms with van der Waals surface area (Å²) < 4.78 is 0. The van der Waals surface area contributed by atoms with E-state index >= 15 is 0 Å². The fourth-order valence-electron chi connectivity index (χ4n) is 2.12. The maximum atomic E-state index is 10.8. The molecule has 0 saturated carbocycles. The van der Waals surface area contributed by atoms with E-state index in [1.165, 1.54) is 5.56 Å². The first-order chi connectivity index (χ1) is 7.77. The third-order valence-corrected chi connectivity index (χ3v) is 3.17. The van der Waals surface area contributed by atoms with Crippen molar-refractivity contribution < 1.29 is 9.90 Å². The minimum atomic E-state index is -0.675. The highest BCUT2D eigenvalue weighted by molar-refractivity contribution is 5.74. The van der Waals surface area contributed by atoms with Crippen molar-refractivity contribution >= 4 is 5.97 Å². The molecule has 0 bridgehead atoms. The van der Waals surface area contributed by atoms with E-state index in [-0.39, 0.29) is 6.04 Å². The van der Waals surface area contributed by atoms with Gasteiger partial charge in [-0.1, -0.05) is 30.3 Å². The Morgan fingerprint density at radius 1 is 1.38 bits per heavy atom. The quantitative estimate of drug-likeness (QED) is 0.820. The fourth-order valence-corrected chi connectivity index (χ4v) is 2.12. The van der Waals surface area contributed by atoms with E-state index in [0.29, 0.717) is 0 Å². The molecule has 1 N–H and O–H groups in total. The highest BCUT2D eigenvalue weighted by Gasteiger charge is 2.32. The number of hydrogen-bond acceptors (Lipinski definition) is 2. The van der Waals surface area contributed by atoms with E-state index < -0.39 is 5.97 Å². The zero-order valence-electron chi connectivity index (χ0n) is 9.30. The standard InChI is InChI=1S/C13H17NO2/c15-13(16)12-8-10-14(12)9-4-7-11-5-2-1-3-6-11/h1-3,5-6,12H,4,7-10H2,(H,15,16)/t12-/m0/s1. The second kappa shape index (κ2) is 5.12. The lowest BCUT2D eigenvalue weighted by Crippen LogP contribution is -2.52. The topological polar surface area (TPSA) is 40.5 Å². The molecular formula is C13H17NO2. The number of benzene rings is 1. The average molecular weight is 219 g/mol. The molecule has 0 unspecified atom stereocenters. The van der Waals surface area contributed by atoms with Crippen LogP contribution in [0.2, 0.25) is 0 Å². The minimum Gasteiger partial charge on any atom is -0.480 e. The van der Waals surface area contributed by atoms with Gasteiger partial charge in [0.2, 0.25) is 0 Å². The second-order valence-electron chi connectivity index (χ2n) is 4.27. The van der Waals surface area contributed by atoms with Gasteiger partial charge in [0.15, 0.2) is 0 Å². The summed E-state index contributed by atoms with van der Waals surface area (Å²) >= 11 is 0. The number of likely N-dealkylation sites (tertiary alicyclic amines) is 1. The van der Waals surface area contributed by atoms with Crippen LogP contribution in [0.1, 0.15) is 18.4 Å². The third-order valence-electron chi connectivity index (χ3n) is 3.17. The van der Waals surface area contributed by atoms with Gasteiger partial charge in [-0.3, -0.25) is 9.69 Å². The van der Waals surface area contributed by atoms with Crippen LogP contribution in [0.5, 0.6) is 0 Å². The minimum absolute atomic E-state index is 0.226. The normalized spacial score (nSPS) is 20.4. The van der Waals surface area contributed by atoms with Gasteiger partial charge in [0.1, 0.15) is 6.04 Å². The van der Waals surface area contributed by atoms with Crippen molar-refractivity contribution in [2.45, 2.75) is 25.3 Å². The van der Waals surface area contributed by atoms with Gasteiger partial charge in [-0.15, -0.1) is 0 Å². The Balaban J connectivity index is 1.71. The monoisotopic (exact) mass is 219 g/mol. The highest BCUT2D eigenvalue weighted by atomic mass is 16.4. The van der Waals surface area contributed by atoms with Crippen molar-refractivity contribution in [3.8, 4) is 0 Å². The summed E-state index contributed by atoms with van der Waals surface area (Å²) in [5.74, 6) is -0.675. The fraction of sp³-hybridized carbons (Fsp3) is 0.462. The van der Waals surface area contributed by atoms with E-state index in [9.17, 15) is 4.79 Å². The van der Waals surface area contributed by atoms with Crippen molar-refractivity contribution in [2.75, 3.05) is 13.1 Å². The lowest BCUT2D eigenvalue weighted by Gasteiger charge is -2.37. The highest BCUT2D eigenvalue weighted by Crippen LogP contribution is 2.18.